The number of nitrogens with zero attached hydrogens (tertiary/aromatic N) is 2. The van der Waals surface area contributed by atoms with E-state index in [1.807, 2.05) is 0 Å². The van der Waals surface area contributed by atoms with E-state index in [-0.39, 0.29) is 22.2 Å². The van der Waals surface area contributed by atoms with Crippen LogP contribution >= 0.6 is 23.1 Å². The Kier molecular flexibility index (Phi) is 4.77. The van der Waals surface area contributed by atoms with Crippen LogP contribution in [0, 0.1) is 11.7 Å². The monoisotopic (exact) mass is 403 g/mol. The van der Waals surface area contributed by atoms with Gasteiger partial charge < -0.3 is 5.73 Å². The molecule has 0 spiro atoms. The highest BCUT2D eigenvalue weighted by Gasteiger charge is 2.25. The van der Waals surface area contributed by atoms with E-state index in [0.717, 1.165) is 36.6 Å². The van der Waals surface area contributed by atoms with Gasteiger partial charge in [-0.2, -0.15) is 0 Å². The lowest BCUT2D eigenvalue weighted by atomic mass is 9.89. The van der Waals surface area contributed by atoms with Crippen LogP contribution < -0.4 is 11.3 Å². The van der Waals surface area contributed by atoms with E-state index in [4.69, 9.17) is 5.73 Å². The number of amides is 1. The smallest absolute Gasteiger partial charge is 0.267 e. The third-order valence-corrected chi connectivity index (χ3v) is 6.84. The van der Waals surface area contributed by atoms with Crippen molar-refractivity contribution in [2.75, 3.05) is 5.75 Å². The van der Waals surface area contributed by atoms with Gasteiger partial charge in [-0.3, -0.25) is 14.2 Å². The number of primary amides is 1. The molecule has 0 saturated heterocycles. The van der Waals surface area contributed by atoms with Gasteiger partial charge >= 0.3 is 0 Å². The number of carbonyl (C=O) groups excluding carboxylic acids is 1. The molecule has 0 fully saturated rings. The van der Waals surface area contributed by atoms with Crippen molar-refractivity contribution in [3.05, 3.63) is 50.9 Å². The number of thioether (sulfide) groups is 1. The predicted octanol–water partition coefficient (Wildman–Crippen LogP) is 3.29. The molecule has 27 heavy (non-hydrogen) atoms. The maximum Gasteiger partial charge on any atom is 0.267 e. The van der Waals surface area contributed by atoms with Crippen LogP contribution in [0.1, 0.15) is 23.8 Å². The predicted molar refractivity (Wildman–Crippen MR) is 106 cm³/mol. The minimum atomic E-state index is -0.520. The Morgan fingerprint density at radius 2 is 2.22 bits per heavy atom. The van der Waals surface area contributed by atoms with Crippen LogP contribution in [0.4, 0.5) is 4.39 Å². The van der Waals surface area contributed by atoms with E-state index >= 15 is 0 Å². The van der Waals surface area contributed by atoms with E-state index in [0.29, 0.717) is 16.1 Å². The normalized spacial score (nSPS) is 16.4. The zero-order valence-electron chi connectivity index (χ0n) is 14.7. The van der Waals surface area contributed by atoms with Gasteiger partial charge in [-0.15, -0.1) is 11.3 Å². The van der Waals surface area contributed by atoms with Gasteiger partial charge in [0.25, 0.3) is 5.56 Å². The van der Waals surface area contributed by atoms with E-state index < -0.39 is 11.7 Å². The van der Waals surface area contributed by atoms with Gasteiger partial charge in [0, 0.05) is 4.88 Å². The van der Waals surface area contributed by atoms with Gasteiger partial charge in [-0.05, 0) is 42.9 Å². The van der Waals surface area contributed by atoms with E-state index in [1.54, 1.807) is 18.2 Å². The minimum absolute atomic E-state index is 0.0332. The van der Waals surface area contributed by atoms with E-state index in [2.05, 4.69) is 11.9 Å². The third kappa shape index (κ3) is 3.27. The Labute approximate surface area is 163 Å². The van der Waals surface area contributed by atoms with Crippen molar-refractivity contribution >= 4 is 39.2 Å². The zero-order valence-corrected chi connectivity index (χ0v) is 16.3. The summed E-state index contributed by atoms with van der Waals surface area (Å²) in [5.74, 6) is -0.495. The first kappa shape index (κ1) is 18.2. The van der Waals surface area contributed by atoms with Crippen molar-refractivity contribution in [1.29, 1.82) is 0 Å². The van der Waals surface area contributed by atoms with Crippen molar-refractivity contribution in [2.45, 2.75) is 31.3 Å². The molecule has 0 saturated carbocycles. The molecule has 4 rings (SSSR count). The van der Waals surface area contributed by atoms with Crippen LogP contribution in [-0.4, -0.2) is 21.2 Å². The molecule has 1 atom stereocenters. The summed E-state index contributed by atoms with van der Waals surface area (Å²) < 4.78 is 15.7. The van der Waals surface area contributed by atoms with E-state index in [1.165, 1.54) is 26.8 Å². The van der Waals surface area contributed by atoms with Crippen LogP contribution in [0.2, 0.25) is 0 Å². The van der Waals surface area contributed by atoms with E-state index in [9.17, 15) is 14.0 Å². The number of rotatable bonds is 4. The molecular weight excluding hydrogens is 385 g/mol. The summed E-state index contributed by atoms with van der Waals surface area (Å²) in [5, 5.41) is 0.858. The number of aromatic nitrogens is 2. The van der Waals surface area contributed by atoms with Crippen molar-refractivity contribution in [1.82, 2.24) is 9.55 Å². The maximum absolute atomic E-state index is 14.5. The number of hydrogen-bond acceptors (Lipinski definition) is 5. The Morgan fingerprint density at radius 3 is 2.96 bits per heavy atom. The van der Waals surface area contributed by atoms with Crippen LogP contribution in [0.3, 0.4) is 0 Å². The number of aryl methyl sites for hydroxylation is 1. The second-order valence-corrected chi connectivity index (χ2v) is 8.80. The number of hydrogen-bond donors (Lipinski definition) is 1. The summed E-state index contributed by atoms with van der Waals surface area (Å²) in [5.41, 5.74) is 6.15. The summed E-state index contributed by atoms with van der Waals surface area (Å²) in [6, 6.07) is 6.08. The molecule has 1 aromatic carbocycles. The molecule has 2 heterocycles. The summed E-state index contributed by atoms with van der Waals surface area (Å²) >= 11 is 2.58. The lowest BCUT2D eigenvalue weighted by molar-refractivity contribution is -0.115. The Balaban J connectivity index is 1.99. The average molecular weight is 404 g/mol. The molecule has 1 unspecified atom stereocenters. The highest BCUT2D eigenvalue weighted by molar-refractivity contribution is 7.99. The molecule has 0 radical (unpaired) electrons. The largest absolute Gasteiger partial charge is 0.369 e. The number of halogens is 1. The molecule has 140 valence electrons. The first-order chi connectivity index (χ1) is 13.0. The Hall–Kier alpha value is -2.19. The molecule has 5 nitrogen and oxygen atoms in total. The standard InChI is InChI=1S/C19H18FN3O2S2/c1-10-6-7-11-14(8-10)27-17-16(11)18(25)23(13-5-3-2-4-12(13)20)19(22-17)26-9-15(21)24/h2-5,10H,6-9H2,1H3,(H2,21,24). The number of thiophene rings is 1. The van der Waals surface area contributed by atoms with Gasteiger partial charge in [0.1, 0.15) is 10.6 Å². The average Bonchev–Trinajstić information content (AvgIpc) is 2.98. The van der Waals surface area contributed by atoms with Crippen LogP contribution in [0.5, 0.6) is 0 Å². The fourth-order valence-corrected chi connectivity index (χ4v) is 5.62. The number of carbonyl (C=O) groups is 1. The Bertz CT molecular complexity index is 1110. The molecule has 1 aliphatic carbocycles. The molecule has 1 amide bonds. The fraction of sp³-hybridized carbons (Fsp3) is 0.316. The highest BCUT2D eigenvalue weighted by Crippen LogP contribution is 2.37. The van der Waals surface area contributed by atoms with Crippen molar-refractivity contribution in [2.24, 2.45) is 11.7 Å². The second-order valence-electron chi connectivity index (χ2n) is 6.77. The molecule has 2 N–H and O–H groups in total. The van der Waals surface area contributed by atoms with Crippen molar-refractivity contribution in [3.63, 3.8) is 0 Å². The molecule has 8 heteroatoms. The SMILES string of the molecule is CC1CCc2c(sc3nc(SCC(N)=O)n(-c4ccccc4F)c(=O)c23)C1. The fourth-order valence-electron chi connectivity index (χ4n) is 3.45. The second kappa shape index (κ2) is 7.09. The first-order valence-corrected chi connectivity index (χ1v) is 10.5. The zero-order chi connectivity index (χ0) is 19.1. The number of benzene rings is 1. The molecule has 1 aliphatic rings. The highest BCUT2D eigenvalue weighted by atomic mass is 32.2. The van der Waals surface area contributed by atoms with Gasteiger partial charge in [0.2, 0.25) is 5.91 Å². The number of fused-ring (bicyclic) bond motifs is 3. The molecule has 3 aromatic rings. The lowest BCUT2D eigenvalue weighted by Crippen LogP contribution is -2.24. The van der Waals surface area contributed by atoms with Gasteiger partial charge in [0.05, 0.1) is 16.8 Å². The van der Waals surface area contributed by atoms with Gasteiger partial charge in [-0.25, -0.2) is 9.37 Å². The van der Waals surface area contributed by atoms with Gasteiger partial charge in [-0.1, -0.05) is 30.8 Å². The molecular formula is C19H18FN3O2S2. The van der Waals surface area contributed by atoms with Gasteiger partial charge in [0.15, 0.2) is 5.16 Å². The lowest BCUT2D eigenvalue weighted by Gasteiger charge is -2.18. The summed E-state index contributed by atoms with van der Waals surface area (Å²) in [4.78, 5) is 31.1. The summed E-state index contributed by atoms with van der Waals surface area (Å²) in [7, 11) is 0. The molecule has 0 aliphatic heterocycles. The van der Waals surface area contributed by atoms with Crippen LogP contribution in [0.25, 0.3) is 15.9 Å². The van der Waals surface area contributed by atoms with Crippen LogP contribution in [-0.2, 0) is 17.6 Å². The quantitative estimate of drug-likeness (QED) is 0.536. The molecule has 2 aromatic heterocycles. The summed E-state index contributed by atoms with van der Waals surface area (Å²) in [6.07, 6.45) is 2.79. The minimum Gasteiger partial charge on any atom is -0.369 e. The van der Waals surface area contributed by atoms with Crippen molar-refractivity contribution < 1.29 is 9.18 Å². The third-order valence-electron chi connectivity index (χ3n) is 4.74. The van der Waals surface area contributed by atoms with Crippen LogP contribution in [0.15, 0.2) is 34.2 Å². The van der Waals surface area contributed by atoms with Crippen molar-refractivity contribution in [3.8, 4) is 5.69 Å². The Morgan fingerprint density at radius 1 is 1.44 bits per heavy atom. The topological polar surface area (TPSA) is 78.0 Å². The summed E-state index contributed by atoms with van der Waals surface area (Å²) in [6.45, 7) is 2.20. The molecule has 0 bridgehead atoms. The number of nitrogens with two attached hydrogens (primary N) is 1. The maximum atomic E-state index is 14.5. The first-order valence-electron chi connectivity index (χ1n) is 8.69. The number of para-hydroxylation sites is 1.